The van der Waals surface area contributed by atoms with Gasteiger partial charge in [-0.3, -0.25) is 4.79 Å². The van der Waals surface area contributed by atoms with Crippen LogP contribution in [0.25, 0.3) is 39.3 Å². The number of benzene rings is 1. The average molecular weight is 398 g/mol. The lowest BCUT2D eigenvalue weighted by atomic mass is 10.1. The van der Waals surface area contributed by atoms with Crippen molar-refractivity contribution in [1.29, 1.82) is 5.26 Å². The average Bonchev–Trinajstić information content (AvgIpc) is 3.35. The number of H-pyrrole nitrogens is 1. The first-order valence-electron chi connectivity index (χ1n) is 9.03. The summed E-state index contributed by atoms with van der Waals surface area (Å²) in [7, 11) is 1.48. The number of hydrogen-bond acceptors (Lipinski definition) is 7. The van der Waals surface area contributed by atoms with Crippen molar-refractivity contribution in [3.05, 3.63) is 64.3 Å². The third-order valence-corrected chi connectivity index (χ3v) is 4.82. The molecular formula is C21H14N6O3. The van der Waals surface area contributed by atoms with Crippen molar-refractivity contribution >= 4 is 16.7 Å². The molecule has 1 aromatic carbocycles. The van der Waals surface area contributed by atoms with E-state index in [2.05, 4.69) is 26.1 Å². The Kier molecular flexibility index (Phi) is 3.86. The van der Waals surface area contributed by atoms with E-state index < -0.39 is 5.56 Å². The predicted octanol–water partition coefficient (Wildman–Crippen LogP) is 3.08. The summed E-state index contributed by atoms with van der Waals surface area (Å²) in [6.07, 6.45) is 1.54. The van der Waals surface area contributed by atoms with Gasteiger partial charge in [-0.1, -0.05) is 30.3 Å². The Morgan fingerprint density at radius 2 is 2.00 bits per heavy atom. The molecular weight excluding hydrogens is 384 g/mol. The topological polar surface area (TPSA) is 122 Å². The van der Waals surface area contributed by atoms with E-state index >= 15 is 0 Å². The number of oxazole rings is 1. The van der Waals surface area contributed by atoms with Crippen molar-refractivity contribution in [3.63, 3.8) is 0 Å². The van der Waals surface area contributed by atoms with Crippen molar-refractivity contribution in [1.82, 2.24) is 24.6 Å². The van der Waals surface area contributed by atoms with Crippen LogP contribution in [0.1, 0.15) is 11.4 Å². The van der Waals surface area contributed by atoms with E-state index in [1.54, 1.807) is 13.0 Å². The lowest BCUT2D eigenvalue weighted by Gasteiger charge is -2.05. The zero-order valence-electron chi connectivity index (χ0n) is 16.0. The normalized spacial score (nSPS) is 11.1. The second-order valence-corrected chi connectivity index (χ2v) is 6.58. The summed E-state index contributed by atoms with van der Waals surface area (Å²) in [4.78, 5) is 25.0. The molecule has 5 aromatic rings. The summed E-state index contributed by atoms with van der Waals surface area (Å²) in [6, 6.07) is 13.0. The number of hydrogen-bond donors (Lipinski definition) is 1. The number of aryl methyl sites for hydroxylation is 1. The number of ether oxygens (including phenoxy) is 1. The maximum absolute atomic E-state index is 13.3. The fourth-order valence-corrected chi connectivity index (χ4v) is 3.48. The number of nitrogens with zero attached hydrogens (tertiary/aromatic N) is 5. The Labute approximate surface area is 169 Å². The molecule has 0 radical (unpaired) electrons. The van der Waals surface area contributed by atoms with Gasteiger partial charge < -0.3 is 14.1 Å². The quantitative estimate of drug-likeness (QED) is 0.495. The molecule has 0 bridgehead atoms. The lowest BCUT2D eigenvalue weighted by molar-refractivity contribution is 0.402. The number of rotatable bonds is 3. The van der Waals surface area contributed by atoms with E-state index in [0.717, 1.165) is 5.56 Å². The molecule has 5 rings (SSSR count). The van der Waals surface area contributed by atoms with Crippen molar-refractivity contribution in [3.8, 4) is 34.5 Å². The van der Waals surface area contributed by atoms with E-state index in [9.17, 15) is 10.1 Å². The van der Waals surface area contributed by atoms with Crippen molar-refractivity contribution in [2.45, 2.75) is 6.92 Å². The minimum absolute atomic E-state index is 0.118. The molecule has 9 heteroatoms. The number of nitrogens with one attached hydrogen (secondary N) is 1. The highest BCUT2D eigenvalue weighted by Gasteiger charge is 2.23. The zero-order chi connectivity index (χ0) is 20.8. The molecule has 0 saturated heterocycles. The summed E-state index contributed by atoms with van der Waals surface area (Å²) in [5.74, 6) is 0.419. The van der Waals surface area contributed by atoms with Gasteiger partial charge in [-0.05, 0) is 12.5 Å². The van der Waals surface area contributed by atoms with Crippen LogP contribution in [0.4, 0.5) is 0 Å². The van der Waals surface area contributed by atoms with E-state index in [-0.39, 0.29) is 17.1 Å². The second kappa shape index (κ2) is 6.56. The summed E-state index contributed by atoms with van der Waals surface area (Å²) < 4.78 is 12.2. The number of fused-ring (bicyclic) bond motifs is 2. The monoisotopic (exact) mass is 398 g/mol. The standard InChI is InChI=1S/C21H14N6O3/c1-11-15(19-25-17-14(30-19)8-9-23-20(17)29-2)21(28)27-18(24-11)16(13(10-22)26-27)12-6-4-3-5-7-12/h3-9,24H,1-2H3. The molecule has 0 saturated carbocycles. The van der Waals surface area contributed by atoms with Crippen molar-refractivity contribution < 1.29 is 9.15 Å². The van der Waals surface area contributed by atoms with Crippen LogP contribution in [0, 0.1) is 18.3 Å². The Hall–Kier alpha value is -4.45. The molecule has 30 heavy (non-hydrogen) atoms. The molecule has 4 heterocycles. The summed E-state index contributed by atoms with van der Waals surface area (Å²) in [6.45, 7) is 1.74. The second-order valence-electron chi connectivity index (χ2n) is 6.58. The molecule has 0 atom stereocenters. The molecule has 9 nitrogen and oxygen atoms in total. The van der Waals surface area contributed by atoms with Gasteiger partial charge in [0, 0.05) is 18.0 Å². The molecule has 146 valence electrons. The first-order chi connectivity index (χ1) is 14.6. The maximum Gasteiger partial charge on any atom is 0.287 e. The Bertz CT molecular complexity index is 1520. The van der Waals surface area contributed by atoms with Gasteiger partial charge in [-0.25, -0.2) is 9.97 Å². The predicted molar refractivity (Wildman–Crippen MR) is 108 cm³/mol. The fourth-order valence-electron chi connectivity index (χ4n) is 3.48. The van der Waals surface area contributed by atoms with Crippen LogP contribution in [-0.4, -0.2) is 31.7 Å². The number of methoxy groups -OCH3 is 1. The largest absolute Gasteiger partial charge is 0.479 e. The van der Waals surface area contributed by atoms with E-state index in [0.29, 0.717) is 33.9 Å². The number of nitriles is 1. The molecule has 0 spiro atoms. The third kappa shape index (κ3) is 2.48. The van der Waals surface area contributed by atoms with E-state index in [1.807, 2.05) is 30.3 Å². The molecule has 0 aliphatic heterocycles. The molecule has 0 aliphatic rings. The van der Waals surface area contributed by atoms with Crippen LogP contribution >= 0.6 is 0 Å². The summed E-state index contributed by atoms with van der Waals surface area (Å²) in [5, 5.41) is 13.8. The van der Waals surface area contributed by atoms with Crippen LogP contribution in [0.15, 0.2) is 51.8 Å². The van der Waals surface area contributed by atoms with Gasteiger partial charge in [0.25, 0.3) is 5.56 Å². The smallest absolute Gasteiger partial charge is 0.287 e. The Morgan fingerprint density at radius 1 is 1.20 bits per heavy atom. The Morgan fingerprint density at radius 3 is 2.73 bits per heavy atom. The van der Waals surface area contributed by atoms with E-state index in [1.165, 1.54) is 17.8 Å². The van der Waals surface area contributed by atoms with E-state index in [4.69, 9.17) is 9.15 Å². The van der Waals surface area contributed by atoms with Gasteiger partial charge in [-0.2, -0.15) is 14.9 Å². The number of aromatic amines is 1. The highest BCUT2D eigenvalue weighted by Crippen LogP contribution is 2.30. The fraction of sp³-hybridized carbons (Fsp3) is 0.0952. The van der Waals surface area contributed by atoms with Crippen LogP contribution in [0.3, 0.4) is 0 Å². The van der Waals surface area contributed by atoms with Gasteiger partial charge in [-0.15, -0.1) is 0 Å². The van der Waals surface area contributed by atoms with Gasteiger partial charge >= 0.3 is 0 Å². The van der Waals surface area contributed by atoms with Crippen LogP contribution < -0.4 is 10.3 Å². The molecule has 0 amide bonds. The minimum Gasteiger partial charge on any atom is -0.479 e. The third-order valence-electron chi connectivity index (χ3n) is 4.82. The maximum atomic E-state index is 13.3. The van der Waals surface area contributed by atoms with Crippen LogP contribution in [0.5, 0.6) is 5.88 Å². The first-order valence-corrected chi connectivity index (χ1v) is 9.03. The molecule has 0 aliphatic carbocycles. The number of aromatic nitrogens is 5. The van der Waals surface area contributed by atoms with Gasteiger partial charge in [0.2, 0.25) is 11.8 Å². The van der Waals surface area contributed by atoms with Crippen molar-refractivity contribution in [2.24, 2.45) is 0 Å². The summed E-state index contributed by atoms with van der Waals surface area (Å²) in [5.41, 5.74) is 3.08. The van der Waals surface area contributed by atoms with Crippen LogP contribution in [0.2, 0.25) is 0 Å². The highest BCUT2D eigenvalue weighted by molar-refractivity contribution is 5.84. The Balaban J connectivity index is 1.80. The highest BCUT2D eigenvalue weighted by atomic mass is 16.5. The minimum atomic E-state index is -0.446. The van der Waals surface area contributed by atoms with Gasteiger partial charge in [0.05, 0.1) is 12.7 Å². The first kappa shape index (κ1) is 17.6. The zero-order valence-corrected chi connectivity index (χ0v) is 16.0. The molecule has 4 aromatic heterocycles. The molecule has 1 N–H and O–H groups in total. The lowest BCUT2D eigenvalue weighted by Crippen LogP contribution is -2.19. The van der Waals surface area contributed by atoms with Gasteiger partial charge in [0.1, 0.15) is 17.3 Å². The van der Waals surface area contributed by atoms with Crippen LogP contribution in [-0.2, 0) is 0 Å². The number of pyridine rings is 1. The van der Waals surface area contributed by atoms with Crippen molar-refractivity contribution in [2.75, 3.05) is 7.11 Å². The summed E-state index contributed by atoms with van der Waals surface area (Å²) >= 11 is 0. The molecule has 0 fully saturated rings. The SMILES string of the molecule is COc1nccc2oc(-c3c(C)[nH]c4c(-c5ccccc5)c(C#N)nn4c3=O)nc12. The molecule has 0 unspecified atom stereocenters. The van der Waals surface area contributed by atoms with Gasteiger partial charge in [0.15, 0.2) is 16.8 Å².